The highest BCUT2D eigenvalue weighted by atomic mass is 32.2. The average molecular weight is 377 g/mol. The van der Waals surface area contributed by atoms with Gasteiger partial charge in [-0.2, -0.15) is 18.2 Å². The number of halogens is 2. The Morgan fingerprint density at radius 3 is 2.60 bits per heavy atom. The van der Waals surface area contributed by atoms with Gasteiger partial charge < -0.3 is 4.74 Å². The standard InChI is InChI=1S/C16H25F2N3O3S/c1-11-13(9-19-21(11)14(17)18)25(22,23)20-8-7-16(4)12(10-20)5-6-15(2,3)24-16/h9,12,14H,5-8,10H2,1-4H3/t12-,16+/m0/s1. The molecule has 9 heteroatoms. The minimum absolute atomic E-state index is 0.0376. The number of alkyl halides is 2. The van der Waals surface area contributed by atoms with Crippen LogP contribution < -0.4 is 0 Å². The van der Waals surface area contributed by atoms with E-state index >= 15 is 0 Å². The molecule has 1 aromatic heterocycles. The molecule has 0 spiro atoms. The monoisotopic (exact) mass is 377 g/mol. The molecule has 0 unspecified atom stereocenters. The normalized spacial score (nSPS) is 30.4. The Kier molecular flexibility index (Phi) is 4.49. The molecule has 0 aliphatic carbocycles. The van der Waals surface area contributed by atoms with E-state index in [1.54, 1.807) is 0 Å². The van der Waals surface area contributed by atoms with Crippen LogP contribution in [0.5, 0.6) is 0 Å². The predicted octanol–water partition coefficient (Wildman–Crippen LogP) is 2.94. The smallest absolute Gasteiger partial charge is 0.333 e. The number of nitrogens with zero attached hydrogens (tertiary/aromatic N) is 3. The molecule has 2 fully saturated rings. The Morgan fingerprint density at radius 1 is 1.32 bits per heavy atom. The lowest BCUT2D eigenvalue weighted by atomic mass is 9.75. The molecule has 142 valence electrons. The molecule has 0 radical (unpaired) electrons. The van der Waals surface area contributed by atoms with Crippen molar-refractivity contribution in [1.29, 1.82) is 0 Å². The van der Waals surface area contributed by atoms with Crippen LogP contribution in [0.15, 0.2) is 11.1 Å². The summed E-state index contributed by atoms with van der Waals surface area (Å²) in [7, 11) is -3.85. The summed E-state index contributed by atoms with van der Waals surface area (Å²) >= 11 is 0. The Hall–Kier alpha value is -1.06. The fraction of sp³-hybridized carbons (Fsp3) is 0.812. The molecular formula is C16H25F2N3O3S. The minimum atomic E-state index is -3.85. The van der Waals surface area contributed by atoms with Crippen molar-refractivity contribution in [2.45, 2.75) is 69.6 Å². The summed E-state index contributed by atoms with van der Waals surface area (Å²) < 4.78 is 59.7. The highest BCUT2D eigenvalue weighted by Gasteiger charge is 2.49. The number of piperidine rings is 1. The van der Waals surface area contributed by atoms with E-state index in [4.69, 9.17) is 4.74 Å². The maximum atomic E-state index is 12.9. The van der Waals surface area contributed by atoms with Crippen molar-refractivity contribution in [3.63, 3.8) is 0 Å². The Morgan fingerprint density at radius 2 is 2.00 bits per heavy atom. The van der Waals surface area contributed by atoms with Gasteiger partial charge in [0.15, 0.2) is 0 Å². The maximum Gasteiger partial charge on any atom is 0.333 e. The van der Waals surface area contributed by atoms with E-state index in [2.05, 4.69) is 18.9 Å². The van der Waals surface area contributed by atoms with E-state index in [0.717, 1.165) is 19.0 Å². The van der Waals surface area contributed by atoms with Crippen LogP contribution in [0, 0.1) is 12.8 Å². The highest BCUT2D eigenvalue weighted by molar-refractivity contribution is 7.89. The summed E-state index contributed by atoms with van der Waals surface area (Å²) in [5.74, 6) is 0.0921. The van der Waals surface area contributed by atoms with Gasteiger partial charge in [0.2, 0.25) is 10.0 Å². The summed E-state index contributed by atoms with van der Waals surface area (Å²) in [6.45, 7) is 5.30. The van der Waals surface area contributed by atoms with Gasteiger partial charge in [-0.1, -0.05) is 0 Å². The average Bonchev–Trinajstić information content (AvgIpc) is 2.87. The molecule has 25 heavy (non-hydrogen) atoms. The van der Waals surface area contributed by atoms with Crippen LogP contribution >= 0.6 is 0 Å². The van der Waals surface area contributed by atoms with Gasteiger partial charge in [0.05, 0.1) is 23.1 Å². The molecule has 2 aliphatic rings. The summed E-state index contributed by atoms with van der Waals surface area (Å²) in [5.41, 5.74) is -0.596. The van der Waals surface area contributed by atoms with Gasteiger partial charge in [-0.05, 0) is 47.0 Å². The lowest BCUT2D eigenvalue weighted by Crippen LogP contribution is -2.58. The van der Waals surface area contributed by atoms with Gasteiger partial charge in [-0.3, -0.25) is 0 Å². The zero-order valence-corrected chi connectivity index (χ0v) is 15.8. The van der Waals surface area contributed by atoms with Crippen LogP contribution in [0.25, 0.3) is 0 Å². The van der Waals surface area contributed by atoms with Crippen molar-refractivity contribution in [2.75, 3.05) is 13.1 Å². The van der Waals surface area contributed by atoms with Gasteiger partial charge in [0.1, 0.15) is 4.90 Å². The molecule has 3 heterocycles. The first-order valence-electron chi connectivity index (χ1n) is 8.49. The third kappa shape index (κ3) is 3.21. The lowest BCUT2D eigenvalue weighted by Gasteiger charge is -2.52. The quantitative estimate of drug-likeness (QED) is 0.812. The Balaban J connectivity index is 1.84. The van der Waals surface area contributed by atoms with Crippen molar-refractivity contribution in [2.24, 2.45) is 5.92 Å². The van der Waals surface area contributed by atoms with E-state index < -0.39 is 16.6 Å². The number of hydrogen-bond acceptors (Lipinski definition) is 4. The molecule has 1 aromatic rings. The van der Waals surface area contributed by atoms with E-state index in [1.807, 2.05) is 6.92 Å². The first-order valence-corrected chi connectivity index (χ1v) is 9.93. The van der Waals surface area contributed by atoms with Gasteiger partial charge in [-0.25, -0.2) is 13.1 Å². The molecule has 2 atom stereocenters. The molecule has 0 N–H and O–H groups in total. The number of rotatable bonds is 3. The van der Waals surface area contributed by atoms with Gasteiger partial charge >= 0.3 is 6.55 Å². The van der Waals surface area contributed by atoms with E-state index in [-0.39, 0.29) is 27.7 Å². The molecule has 2 saturated heterocycles. The maximum absolute atomic E-state index is 12.9. The first-order chi connectivity index (χ1) is 11.5. The largest absolute Gasteiger partial charge is 0.369 e. The Labute approximate surface area is 147 Å². The SMILES string of the molecule is Cc1c(S(=O)(=O)N2CC[C@@]3(C)OC(C)(C)CC[C@H]3C2)cnn1C(F)F. The van der Waals surface area contributed by atoms with Crippen LogP contribution in [0.1, 0.15) is 52.3 Å². The second-order valence-corrected chi connectivity index (χ2v) is 9.75. The van der Waals surface area contributed by atoms with Crippen molar-refractivity contribution in [1.82, 2.24) is 14.1 Å². The molecule has 0 amide bonds. The fourth-order valence-corrected chi connectivity index (χ4v) is 5.66. The second-order valence-electron chi connectivity index (χ2n) is 7.84. The van der Waals surface area contributed by atoms with Gasteiger partial charge in [-0.15, -0.1) is 0 Å². The number of sulfonamides is 1. The fourth-order valence-electron chi connectivity index (χ4n) is 4.03. The zero-order chi connectivity index (χ0) is 18.6. The topological polar surface area (TPSA) is 64.4 Å². The lowest BCUT2D eigenvalue weighted by molar-refractivity contribution is -0.208. The zero-order valence-electron chi connectivity index (χ0n) is 15.0. The number of fused-ring (bicyclic) bond motifs is 1. The molecule has 0 aromatic carbocycles. The van der Waals surface area contributed by atoms with Crippen LogP contribution in [0.2, 0.25) is 0 Å². The predicted molar refractivity (Wildman–Crippen MR) is 87.9 cm³/mol. The molecular weight excluding hydrogens is 352 g/mol. The number of hydrogen-bond donors (Lipinski definition) is 0. The van der Waals surface area contributed by atoms with E-state index in [9.17, 15) is 17.2 Å². The van der Waals surface area contributed by atoms with E-state index in [1.165, 1.54) is 11.2 Å². The van der Waals surface area contributed by atoms with Gasteiger partial charge in [0, 0.05) is 19.0 Å². The third-order valence-electron chi connectivity index (χ3n) is 5.55. The van der Waals surface area contributed by atoms with Crippen molar-refractivity contribution >= 4 is 10.0 Å². The summed E-state index contributed by atoms with van der Waals surface area (Å²) in [6.07, 6.45) is 3.35. The third-order valence-corrected chi connectivity index (χ3v) is 7.52. The second kappa shape index (κ2) is 5.99. The molecule has 0 bridgehead atoms. The van der Waals surface area contributed by atoms with E-state index in [0.29, 0.717) is 24.2 Å². The van der Waals surface area contributed by atoms with Crippen LogP contribution in [-0.2, 0) is 14.8 Å². The minimum Gasteiger partial charge on any atom is -0.369 e. The van der Waals surface area contributed by atoms with Crippen molar-refractivity contribution in [3.8, 4) is 0 Å². The first kappa shape index (κ1) is 18.7. The molecule has 0 saturated carbocycles. The summed E-state index contributed by atoms with van der Waals surface area (Å²) in [5, 5.41) is 3.53. The Bertz CT molecular complexity index is 763. The van der Waals surface area contributed by atoms with Crippen LogP contribution in [-0.4, -0.2) is 46.8 Å². The molecule has 3 rings (SSSR count). The molecule has 6 nitrogen and oxygen atoms in total. The number of ether oxygens (including phenoxy) is 1. The summed E-state index contributed by atoms with van der Waals surface area (Å²) in [4.78, 5) is -0.145. The molecule has 2 aliphatic heterocycles. The van der Waals surface area contributed by atoms with Crippen molar-refractivity contribution in [3.05, 3.63) is 11.9 Å². The summed E-state index contributed by atoms with van der Waals surface area (Å²) in [6, 6.07) is 0. The van der Waals surface area contributed by atoms with Gasteiger partial charge in [0.25, 0.3) is 0 Å². The highest BCUT2D eigenvalue weighted by Crippen LogP contribution is 2.44. The van der Waals surface area contributed by atoms with Crippen LogP contribution in [0.3, 0.4) is 0 Å². The van der Waals surface area contributed by atoms with Crippen molar-refractivity contribution < 1.29 is 21.9 Å². The number of aromatic nitrogens is 2. The van der Waals surface area contributed by atoms with Crippen LogP contribution in [0.4, 0.5) is 8.78 Å².